The van der Waals surface area contributed by atoms with Gasteiger partial charge in [-0.25, -0.2) is 0 Å². The Morgan fingerprint density at radius 3 is 3.00 bits per heavy atom. The van der Waals surface area contributed by atoms with Crippen molar-refractivity contribution < 1.29 is 4.79 Å². The van der Waals surface area contributed by atoms with Gasteiger partial charge in [0.2, 0.25) is 5.91 Å². The minimum absolute atomic E-state index is 0.00166. The van der Waals surface area contributed by atoms with Crippen molar-refractivity contribution in [1.29, 1.82) is 0 Å². The predicted molar refractivity (Wildman–Crippen MR) is 62.4 cm³/mol. The number of fused-ring (bicyclic) bond motifs is 1. The fraction of sp³-hybridized carbons (Fsp3) is 0.182. The highest BCUT2D eigenvalue weighted by atomic mass is 35.5. The molecule has 0 aliphatic rings. The second kappa shape index (κ2) is 3.95. The number of H-pyrrole nitrogens is 1. The lowest BCUT2D eigenvalue weighted by atomic mass is 10.2. The zero-order valence-corrected chi connectivity index (χ0v) is 9.08. The molecule has 0 aliphatic heterocycles. The number of carbonyl (C=O) groups excluding carboxylic acids is 1. The van der Waals surface area contributed by atoms with Gasteiger partial charge in [-0.3, -0.25) is 4.79 Å². The average molecular weight is 223 g/mol. The molecule has 1 aromatic carbocycles. The van der Waals surface area contributed by atoms with Crippen LogP contribution in [0.25, 0.3) is 10.9 Å². The van der Waals surface area contributed by atoms with E-state index in [9.17, 15) is 4.79 Å². The summed E-state index contributed by atoms with van der Waals surface area (Å²) < 4.78 is 0. The summed E-state index contributed by atoms with van der Waals surface area (Å²) in [7, 11) is 1.72. The van der Waals surface area contributed by atoms with Crippen LogP contribution < -0.4 is 4.90 Å². The number of amides is 1. The molecule has 1 heterocycles. The molecule has 0 radical (unpaired) electrons. The van der Waals surface area contributed by atoms with Crippen LogP contribution in [0, 0.1) is 0 Å². The molecule has 0 atom stereocenters. The van der Waals surface area contributed by atoms with Crippen LogP contribution in [0.3, 0.4) is 0 Å². The first-order chi connectivity index (χ1) is 7.22. The molecule has 0 fully saturated rings. The van der Waals surface area contributed by atoms with Crippen LogP contribution in [-0.4, -0.2) is 23.8 Å². The highest BCUT2D eigenvalue weighted by Gasteiger charge is 2.09. The number of nitrogens with one attached hydrogen (secondary N) is 1. The number of carbonyl (C=O) groups is 1. The molecule has 0 aliphatic carbocycles. The van der Waals surface area contributed by atoms with Gasteiger partial charge in [0.25, 0.3) is 0 Å². The molecule has 0 saturated carbocycles. The summed E-state index contributed by atoms with van der Waals surface area (Å²) in [6.07, 6.45) is 1.87. The van der Waals surface area contributed by atoms with Gasteiger partial charge in [0.15, 0.2) is 0 Å². The Labute approximate surface area is 92.6 Å². The van der Waals surface area contributed by atoms with Gasteiger partial charge in [-0.05, 0) is 24.3 Å². The third-order valence-electron chi connectivity index (χ3n) is 2.41. The molecule has 2 rings (SSSR count). The number of rotatable bonds is 2. The molecule has 4 heteroatoms. The fourth-order valence-corrected chi connectivity index (χ4v) is 1.66. The number of hydrogen-bond acceptors (Lipinski definition) is 1. The molecule has 2 aromatic rings. The zero-order chi connectivity index (χ0) is 10.8. The van der Waals surface area contributed by atoms with E-state index in [2.05, 4.69) is 4.98 Å². The topological polar surface area (TPSA) is 36.1 Å². The van der Waals surface area contributed by atoms with Crippen molar-refractivity contribution in [3.05, 3.63) is 30.5 Å². The van der Waals surface area contributed by atoms with Crippen molar-refractivity contribution in [1.82, 2.24) is 4.98 Å². The van der Waals surface area contributed by atoms with Crippen LogP contribution in [0.2, 0.25) is 0 Å². The molecule has 0 saturated heterocycles. The van der Waals surface area contributed by atoms with Gasteiger partial charge in [-0.1, -0.05) is 0 Å². The third-order valence-corrected chi connectivity index (χ3v) is 2.64. The van der Waals surface area contributed by atoms with Crippen LogP contribution in [0.15, 0.2) is 30.5 Å². The van der Waals surface area contributed by atoms with Crippen molar-refractivity contribution in [3.63, 3.8) is 0 Å². The number of benzene rings is 1. The maximum absolute atomic E-state index is 11.4. The normalized spacial score (nSPS) is 10.5. The van der Waals surface area contributed by atoms with E-state index in [0.717, 1.165) is 16.6 Å². The van der Waals surface area contributed by atoms with Gasteiger partial charge in [0.05, 0.1) is 0 Å². The minimum atomic E-state index is -0.105. The number of aromatic amines is 1. The monoisotopic (exact) mass is 222 g/mol. The number of hydrogen-bond donors (Lipinski definition) is 1. The van der Waals surface area contributed by atoms with E-state index in [1.54, 1.807) is 11.9 Å². The SMILES string of the molecule is CN(C(=O)CCl)c1ccc2[nH]ccc2c1. The summed E-state index contributed by atoms with van der Waals surface area (Å²) in [6.45, 7) is 0. The summed E-state index contributed by atoms with van der Waals surface area (Å²) >= 11 is 5.50. The Hall–Kier alpha value is -1.48. The summed E-state index contributed by atoms with van der Waals surface area (Å²) in [4.78, 5) is 16.0. The Bertz CT molecular complexity index is 492. The molecular formula is C11H11ClN2O. The van der Waals surface area contributed by atoms with Crippen molar-refractivity contribution in [2.75, 3.05) is 17.8 Å². The second-order valence-electron chi connectivity index (χ2n) is 3.34. The van der Waals surface area contributed by atoms with Gasteiger partial charge in [0, 0.05) is 29.8 Å². The minimum Gasteiger partial charge on any atom is -0.361 e. The van der Waals surface area contributed by atoms with E-state index in [-0.39, 0.29) is 11.8 Å². The standard InChI is InChI=1S/C11H11ClN2O/c1-14(11(15)7-12)9-2-3-10-8(6-9)4-5-13-10/h2-6,13H,7H2,1H3. The second-order valence-corrected chi connectivity index (χ2v) is 3.60. The van der Waals surface area contributed by atoms with Gasteiger partial charge in [-0.15, -0.1) is 11.6 Å². The molecule has 78 valence electrons. The Morgan fingerprint density at radius 2 is 2.27 bits per heavy atom. The van der Waals surface area contributed by atoms with Gasteiger partial charge in [-0.2, -0.15) is 0 Å². The molecular weight excluding hydrogens is 212 g/mol. The van der Waals surface area contributed by atoms with E-state index < -0.39 is 0 Å². The molecule has 0 bridgehead atoms. The molecule has 15 heavy (non-hydrogen) atoms. The van der Waals surface area contributed by atoms with Crippen LogP contribution in [0.1, 0.15) is 0 Å². The first-order valence-corrected chi connectivity index (χ1v) is 5.15. The Morgan fingerprint density at radius 1 is 1.47 bits per heavy atom. The quantitative estimate of drug-likeness (QED) is 0.779. The summed E-state index contributed by atoms with van der Waals surface area (Å²) in [5.74, 6) is -0.103. The predicted octanol–water partition coefficient (Wildman–Crippen LogP) is 2.37. The number of aromatic nitrogens is 1. The fourth-order valence-electron chi connectivity index (χ4n) is 1.48. The van der Waals surface area contributed by atoms with Gasteiger partial charge >= 0.3 is 0 Å². The van der Waals surface area contributed by atoms with E-state index >= 15 is 0 Å². The summed E-state index contributed by atoms with van der Waals surface area (Å²) in [6, 6.07) is 7.76. The first-order valence-electron chi connectivity index (χ1n) is 4.62. The van der Waals surface area contributed by atoms with Crippen molar-refractivity contribution >= 4 is 34.1 Å². The van der Waals surface area contributed by atoms with Crippen LogP contribution in [0.5, 0.6) is 0 Å². The summed E-state index contributed by atoms with van der Waals surface area (Å²) in [5.41, 5.74) is 1.92. The summed E-state index contributed by atoms with van der Waals surface area (Å²) in [5, 5.41) is 1.08. The van der Waals surface area contributed by atoms with Crippen molar-refractivity contribution in [3.8, 4) is 0 Å². The Balaban J connectivity index is 2.39. The number of halogens is 1. The van der Waals surface area contributed by atoms with Crippen LogP contribution in [0.4, 0.5) is 5.69 Å². The van der Waals surface area contributed by atoms with Gasteiger partial charge in [0.1, 0.15) is 5.88 Å². The van der Waals surface area contributed by atoms with E-state index in [1.807, 2.05) is 30.5 Å². The maximum Gasteiger partial charge on any atom is 0.241 e. The molecule has 0 unspecified atom stereocenters. The van der Waals surface area contributed by atoms with Crippen molar-refractivity contribution in [2.45, 2.75) is 0 Å². The van der Waals surface area contributed by atoms with Gasteiger partial charge < -0.3 is 9.88 Å². The number of nitrogens with zero attached hydrogens (tertiary/aromatic N) is 1. The van der Waals surface area contributed by atoms with E-state index in [0.29, 0.717) is 0 Å². The molecule has 3 nitrogen and oxygen atoms in total. The first kappa shape index (κ1) is 10.1. The third kappa shape index (κ3) is 1.83. The molecule has 0 spiro atoms. The highest BCUT2D eigenvalue weighted by molar-refractivity contribution is 6.29. The highest BCUT2D eigenvalue weighted by Crippen LogP contribution is 2.20. The van der Waals surface area contributed by atoms with Crippen molar-refractivity contribution in [2.24, 2.45) is 0 Å². The zero-order valence-electron chi connectivity index (χ0n) is 8.33. The van der Waals surface area contributed by atoms with Crippen LogP contribution in [-0.2, 0) is 4.79 Å². The number of anilines is 1. The largest absolute Gasteiger partial charge is 0.361 e. The lowest BCUT2D eigenvalue weighted by Crippen LogP contribution is -2.27. The van der Waals surface area contributed by atoms with E-state index in [1.165, 1.54) is 0 Å². The molecule has 1 N–H and O–H groups in total. The number of alkyl halides is 1. The lowest BCUT2D eigenvalue weighted by Gasteiger charge is -2.15. The lowest BCUT2D eigenvalue weighted by molar-refractivity contribution is -0.116. The smallest absolute Gasteiger partial charge is 0.241 e. The maximum atomic E-state index is 11.4. The van der Waals surface area contributed by atoms with E-state index in [4.69, 9.17) is 11.6 Å². The van der Waals surface area contributed by atoms with Crippen LogP contribution >= 0.6 is 11.6 Å². The Kier molecular flexibility index (Phi) is 2.64. The molecule has 1 aromatic heterocycles. The average Bonchev–Trinajstić information content (AvgIpc) is 2.73. The molecule has 1 amide bonds.